The lowest BCUT2D eigenvalue weighted by molar-refractivity contribution is -0.148. The minimum absolute atomic E-state index is 0.0848. The number of hydrogen-bond acceptors (Lipinski definition) is 16. The highest BCUT2D eigenvalue weighted by molar-refractivity contribution is 7.89. The van der Waals surface area contributed by atoms with Gasteiger partial charge in [-0.3, -0.25) is 53.0 Å². The van der Waals surface area contributed by atoms with E-state index in [9.17, 15) is 61.2 Å². The van der Waals surface area contributed by atoms with Crippen molar-refractivity contribution in [2.45, 2.75) is 206 Å². The van der Waals surface area contributed by atoms with Crippen LogP contribution in [0.15, 0.2) is 66.7 Å². The van der Waals surface area contributed by atoms with E-state index in [2.05, 4.69) is 31.9 Å². The SMILES string of the molecule is CC[C@H](C)[C@@H]([C@@H](CC(=O)N1CCC[C@H]1[C@H](OC)[C@@H](C)C(=O)N[C@@H](Cc1ccccc1)CS(N)(=O)=O)OC)N(C)C(=O)[C@@H](NC(=O)[C@@H]1[C@H]2CC[C@H](C2)N1C(=O)OCc1ccc(NC(=O)[C@H](CCCNC(N)=O)NC(=O)[C@@H](NC(=O)CCCCCN2C(=O)C=CC2=O)C(C)C)cc1)C(C)C. The van der Waals surface area contributed by atoms with E-state index < -0.39 is 124 Å². The Morgan fingerprint density at radius 3 is 2.04 bits per heavy atom. The molecule has 1 saturated carbocycles. The highest BCUT2D eigenvalue weighted by atomic mass is 32.2. The molecule has 0 radical (unpaired) electrons. The van der Waals surface area contributed by atoms with Crippen LogP contribution in [-0.4, -0.2) is 201 Å². The van der Waals surface area contributed by atoms with Crippen LogP contribution < -0.4 is 42.8 Å². The number of imide groups is 1. The first-order chi connectivity index (χ1) is 46.5. The van der Waals surface area contributed by atoms with Crippen molar-refractivity contribution in [2.24, 2.45) is 40.5 Å². The van der Waals surface area contributed by atoms with Crippen LogP contribution in [0.5, 0.6) is 0 Å². The fourth-order valence-corrected chi connectivity index (χ4v) is 14.6. The normalized spacial score (nSPS) is 20.2. The molecule has 12 amide bonds. The molecule has 6 rings (SSSR count). The number of likely N-dealkylation sites (tertiary alicyclic amines) is 2. The van der Waals surface area contributed by atoms with Crippen molar-refractivity contribution in [1.29, 1.82) is 0 Å². The van der Waals surface area contributed by atoms with Gasteiger partial charge in [0.15, 0.2) is 0 Å². The van der Waals surface area contributed by atoms with E-state index in [1.54, 1.807) is 61.9 Å². The van der Waals surface area contributed by atoms with Crippen molar-refractivity contribution in [3.8, 4) is 0 Å². The molecular formula is C69H104N12O16S. The maximum Gasteiger partial charge on any atom is 0.411 e. The first-order valence-corrected chi connectivity index (χ1v) is 36.0. The van der Waals surface area contributed by atoms with E-state index in [1.807, 2.05) is 58.0 Å². The van der Waals surface area contributed by atoms with Gasteiger partial charge in [0, 0.05) is 77.2 Å². The Morgan fingerprint density at radius 2 is 1.43 bits per heavy atom. The molecule has 2 aromatic rings. The zero-order valence-electron chi connectivity index (χ0n) is 58.3. The fraction of sp³-hybridized carbons (Fsp3) is 0.638. The van der Waals surface area contributed by atoms with Gasteiger partial charge in [-0.05, 0) is 111 Å². The lowest BCUT2D eigenvalue weighted by Gasteiger charge is -2.41. The second-order valence-corrected chi connectivity index (χ2v) is 28.8. The van der Waals surface area contributed by atoms with Crippen LogP contribution in [-0.2, 0) is 80.4 Å². The topological polar surface area (TPSA) is 387 Å². The lowest BCUT2D eigenvalue weighted by atomic mass is 9.89. The Hall–Kier alpha value is -8.02. The van der Waals surface area contributed by atoms with Crippen molar-refractivity contribution in [3.05, 3.63) is 77.9 Å². The molecular weight excluding hydrogens is 1280 g/mol. The predicted octanol–water partition coefficient (Wildman–Crippen LogP) is 3.75. The summed E-state index contributed by atoms with van der Waals surface area (Å²) in [6, 6.07) is 8.47. The summed E-state index contributed by atoms with van der Waals surface area (Å²) in [5, 5.41) is 22.2. The maximum atomic E-state index is 14.9. The fourth-order valence-electron chi connectivity index (χ4n) is 13.9. The van der Waals surface area contributed by atoms with Gasteiger partial charge in [0.05, 0.1) is 42.4 Å². The third-order valence-electron chi connectivity index (χ3n) is 19.3. The van der Waals surface area contributed by atoms with Crippen LogP contribution in [0.2, 0.25) is 0 Å². The minimum atomic E-state index is -3.97. The monoisotopic (exact) mass is 1390 g/mol. The number of benzene rings is 2. The quantitative estimate of drug-likeness (QED) is 0.0350. The Balaban J connectivity index is 1.05. The number of primary amides is 1. The number of unbranched alkanes of at least 4 members (excludes halogenated alkanes) is 2. The van der Waals surface area contributed by atoms with Crippen molar-refractivity contribution >= 4 is 81.0 Å². The van der Waals surface area contributed by atoms with Gasteiger partial charge in [0.1, 0.15) is 30.8 Å². The summed E-state index contributed by atoms with van der Waals surface area (Å²) >= 11 is 0. The van der Waals surface area contributed by atoms with Gasteiger partial charge >= 0.3 is 12.1 Å². The van der Waals surface area contributed by atoms with Gasteiger partial charge in [-0.1, -0.05) is 104 Å². The summed E-state index contributed by atoms with van der Waals surface area (Å²) in [7, 11) is 0.622. The first kappa shape index (κ1) is 79.0. The highest BCUT2D eigenvalue weighted by Gasteiger charge is 2.53. The Labute approximate surface area is 575 Å². The maximum absolute atomic E-state index is 14.9. The number of nitrogens with zero attached hydrogens (tertiary/aromatic N) is 4. The molecule has 4 aliphatic rings. The molecule has 3 aliphatic heterocycles. The van der Waals surface area contributed by atoms with Crippen molar-refractivity contribution in [3.63, 3.8) is 0 Å². The lowest BCUT2D eigenvalue weighted by Crippen LogP contribution is -2.60. The number of fused-ring (bicyclic) bond motifs is 2. The molecule has 3 fully saturated rings. The summed E-state index contributed by atoms with van der Waals surface area (Å²) in [6.45, 7) is 13.3. The van der Waals surface area contributed by atoms with Crippen LogP contribution in [0.1, 0.15) is 143 Å². The molecule has 1 aliphatic carbocycles. The number of nitrogens with two attached hydrogens (primary N) is 2. The molecule has 2 aromatic carbocycles. The number of anilines is 1. The van der Waals surface area contributed by atoms with Crippen molar-refractivity contribution in [2.75, 3.05) is 52.0 Å². The first-order valence-electron chi connectivity index (χ1n) is 34.2. The predicted molar refractivity (Wildman–Crippen MR) is 365 cm³/mol. The Morgan fingerprint density at radius 1 is 0.755 bits per heavy atom. The second kappa shape index (κ2) is 37.2. The molecule has 0 aromatic heterocycles. The molecule has 29 heteroatoms. The molecule has 13 atom stereocenters. The number of carbonyl (C=O) groups is 11. The summed E-state index contributed by atoms with van der Waals surface area (Å²) in [5.74, 6) is -6.45. The second-order valence-electron chi connectivity index (χ2n) is 27.1. The molecule has 542 valence electrons. The van der Waals surface area contributed by atoms with E-state index in [4.69, 9.17) is 25.1 Å². The summed E-state index contributed by atoms with van der Waals surface area (Å²) in [4.78, 5) is 154. The van der Waals surface area contributed by atoms with Gasteiger partial charge in [-0.25, -0.2) is 23.1 Å². The third kappa shape index (κ3) is 22.2. The average Bonchev–Trinajstić information content (AvgIpc) is 1.60. The molecule has 2 saturated heterocycles. The van der Waals surface area contributed by atoms with Crippen LogP contribution in [0.25, 0.3) is 0 Å². The molecule has 10 N–H and O–H groups in total. The third-order valence-corrected chi connectivity index (χ3v) is 20.2. The van der Waals surface area contributed by atoms with Crippen molar-refractivity contribution in [1.82, 2.24) is 46.2 Å². The molecule has 98 heavy (non-hydrogen) atoms. The number of nitrogens with one attached hydrogen (secondary N) is 6. The molecule has 0 unspecified atom stereocenters. The number of ether oxygens (including phenoxy) is 3. The highest BCUT2D eigenvalue weighted by Crippen LogP contribution is 2.43. The standard InChI is InChI=1S/C69H104N12O16S/c1-11-43(6)60(53(95-9)38-57(85)79-35-19-23-52(79)62(96-10)44(7)63(86)74-49(40-98(71,93)94)36-45-20-14-12-15-21-45)78(8)67(90)59(42(4)5)77-66(89)61-47-27-30-50(37-47)81(61)69(92)97-39-46-25-28-48(29-26-46)73-64(87)51(22-18-33-72-68(70)91)75-65(88)58(41(2)3)76-54(82)24-16-13-17-34-80-55(83)31-32-56(80)84/h12,14-15,20-21,25-26,28-29,31-32,41-44,47,49-53,58-62H,11,13,16-19,22-24,27,30,33-40H2,1-10H3,(H,73,87)(H,74,86)(H,75,88)(H,76,82)(H,77,89)(H3,70,72,91)(H2,71,93,94)/t43-,44+,47-,49-,50+,51-,52-,53+,58-,59-,60-,61-,62+/m0/s1. The summed E-state index contributed by atoms with van der Waals surface area (Å²) < 4.78 is 42.5. The Kier molecular flexibility index (Phi) is 30.0. The zero-order valence-corrected chi connectivity index (χ0v) is 59.1. The molecule has 28 nitrogen and oxygen atoms in total. The van der Waals surface area contributed by atoms with Crippen molar-refractivity contribution < 1.29 is 75.4 Å². The van der Waals surface area contributed by atoms with Gasteiger partial charge in [-0.15, -0.1) is 0 Å². The molecule has 3 heterocycles. The number of likely N-dealkylation sites (N-methyl/N-ethyl adjacent to an activating group) is 1. The van der Waals surface area contributed by atoms with Gasteiger partial charge in [0.2, 0.25) is 51.4 Å². The summed E-state index contributed by atoms with van der Waals surface area (Å²) in [5.41, 5.74) is 6.96. The number of amides is 12. The van der Waals surface area contributed by atoms with Crippen LogP contribution in [0, 0.1) is 29.6 Å². The van der Waals surface area contributed by atoms with E-state index in [0.29, 0.717) is 75.6 Å². The van der Waals surface area contributed by atoms with E-state index in [0.717, 1.165) is 10.5 Å². The van der Waals surface area contributed by atoms with Crippen LogP contribution >= 0.6 is 0 Å². The number of methoxy groups -OCH3 is 2. The van der Waals surface area contributed by atoms with E-state index in [-0.39, 0.29) is 99.2 Å². The number of urea groups is 1. The number of rotatable bonds is 38. The summed E-state index contributed by atoms with van der Waals surface area (Å²) in [6.07, 6.45) is 5.83. The van der Waals surface area contributed by atoms with Gasteiger partial charge in [0.25, 0.3) is 11.8 Å². The minimum Gasteiger partial charge on any atom is -0.445 e. The van der Waals surface area contributed by atoms with Crippen LogP contribution in [0.3, 0.4) is 0 Å². The average molecular weight is 1390 g/mol. The number of carbonyl (C=O) groups excluding carboxylic acids is 11. The molecule has 0 spiro atoms. The van der Waals surface area contributed by atoms with E-state index >= 15 is 0 Å². The smallest absolute Gasteiger partial charge is 0.411 e. The number of sulfonamides is 1. The van der Waals surface area contributed by atoms with Gasteiger partial charge in [-0.2, -0.15) is 0 Å². The van der Waals surface area contributed by atoms with Gasteiger partial charge < -0.3 is 61.6 Å². The van der Waals surface area contributed by atoms with E-state index in [1.165, 1.54) is 31.3 Å². The van der Waals surface area contributed by atoms with Crippen LogP contribution in [0.4, 0.5) is 15.3 Å². The Bertz CT molecular complexity index is 3230. The number of hydrogen-bond donors (Lipinski definition) is 8. The zero-order chi connectivity index (χ0) is 72.1. The molecule has 2 bridgehead atoms. The number of piperidine rings is 1. The largest absolute Gasteiger partial charge is 0.445 e. The number of primary sulfonamides is 1.